The molecule has 1 aromatic heterocycles. The molecular formula is C24H21N3. The molecule has 0 unspecified atom stereocenters. The van der Waals surface area contributed by atoms with Gasteiger partial charge in [-0.3, -0.25) is 0 Å². The van der Waals surface area contributed by atoms with Crippen molar-refractivity contribution in [1.29, 1.82) is 0 Å². The average molecular weight is 351 g/mol. The van der Waals surface area contributed by atoms with Gasteiger partial charge >= 0.3 is 0 Å². The Hall–Kier alpha value is -3.33. The Kier molecular flexibility index (Phi) is 4.75. The van der Waals surface area contributed by atoms with Crippen LogP contribution in [0.4, 0.5) is 0 Å². The van der Waals surface area contributed by atoms with Crippen LogP contribution in [0.25, 0.3) is 33.9 Å². The van der Waals surface area contributed by atoms with Gasteiger partial charge in [0.25, 0.3) is 0 Å². The van der Waals surface area contributed by atoms with Crippen LogP contribution in [-0.2, 0) is 0 Å². The standard InChI is InChI=1S/C24H21N3/c1-17(2)22-25-23(19-12-7-4-8-13-19)27-24(26-22)21-15-9-14-20(16-21)18-10-5-3-6-11-18/h3-17H,1-2H3. The predicted octanol–water partition coefficient (Wildman–Crippen LogP) is 6.00. The summed E-state index contributed by atoms with van der Waals surface area (Å²) in [6.45, 7) is 4.21. The monoisotopic (exact) mass is 351 g/mol. The lowest BCUT2D eigenvalue weighted by atomic mass is 10.0. The highest BCUT2D eigenvalue weighted by molar-refractivity contribution is 5.70. The van der Waals surface area contributed by atoms with Crippen molar-refractivity contribution in [3.8, 4) is 33.9 Å². The second-order valence-electron chi connectivity index (χ2n) is 6.81. The van der Waals surface area contributed by atoms with Crippen LogP contribution < -0.4 is 0 Å². The first-order valence-electron chi connectivity index (χ1n) is 9.18. The summed E-state index contributed by atoms with van der Waals surface area (Å²) >= 11 is 0. The first-order valence-corrected chi connectivity index (χ1v) is 9.18. The molecule has 0 aliphatic rings. The topological polar surface area (TPSA) is 38.7 Å². The van der Waals surface area contributed by atoms with Gasteiger partial charge in [-0.1, -0.05) is 92.7 Å². The minimum atomic E-state index is 0.228. The first kappa shape index (κ1) is 17.1. The van der Waals surface area contributed by atoms with Crippen molar-refractivity contribution in [2.75, 3.05) is 0 Å². The SMILES string of the molecule is CC(C)c1nc(-c2ccccc2)nc(-c2cccc(-c3ccccc3)c2)n1. The molecule has 0 radical (unpaired) electrons. The number of aromatic nitrogens is 3. The van der Waals surface area contributed by atoms with Crippen LogP contribution in [0, 0.1) is 0 Å². The van der Waals surface area contributed by atoms with E-state index in [-0.39, 0.29) is 5.92 Å². The van der Waals surface area contributed by atoms with Gasteiger partial charge in [-0.05, 0) is 17.2 Å². The zero-order valence-electron chi connectivity index (χ0n) is 15.5. The third kappa shape index (κ3) is 3.77. The summed E-state index contributed by atoms with van der Waals surface area (Å²) in [5.74, 6) is 2.47. The molecule has 3 aromatic carbocycles. The molecule has 0 aliphatic heterocycles. The molecular weight excluding hydrogens is 330 g/mol. The highest BCUT2D eigenvalue weighted by Crippen LogP contribution is 2.26. The third-order valence-corrected chi connectivity index (χ3v) is 4.43. The van der Waals surface area contributed by atoms with Gasteiger partial charge in [0, 0.05) is 17.0 Å². The van der Waals surface area contributed by atoms with Crippen molar-refractivity contribution in [1.82, 2.24) is 15.0 Å². The number of hydrogen-bond acceptors (Lipinski definition) is 3. The molecule has 0 aliphatic carbocycles. The quantitative estimate of drug-likeness (QED) is 0.453. The maximum absolute atomic E-state index is 4.77. The zero-order chi connectivity index (χ0) is 18.6. The van der Waals surface area contributed by atoms with Crippen molar-refractivity contribution >= 4 is 0 Å². The molecule has 132 valence electrons. The van der Waals surface area contributed by atoms with Gasteiger partial charge in [-0.25, -0.2) is 15.0 Å². The van der Waals surface area contributed by atoms with Crippen molar-refractivity contribution in [2.24, 2.45) is 0 Å². The van der Waals surface area contributed by atoms with Crippen LogP contribution in [-0.4, -0.2) is 15.0 Å². The Labute approximate surface area is 159 Å². The summed E-state index contributed by atoms with van der Waals surface area (Å²) in [5, 5.41) is 0. The molecule has 0 saturated heterocycles. The molecule has 0 spiro atoms. The summed E-state index contributed by atoms with van der Waals surface area (Å²) in [6.07, 6.45) is 0. The number of nitrogens with zero attached hydrogens (tertiary/aromatic N) is 3. The van der Waals surface area contributed by atoms with Gasteiger partial charge in [-0.2, -0.15) is 0 Å². The Morgan fingerprint density at radius 1 is 0.519 bits per heavy atom. The van der Waals surface area contributed by atoms with Crippen LogP contribution in [0.2, 0.25) is 0 Å². The molecule has 0 amide bonds. The molecule has 0 fully saturated rings. The highest BCUT2D eigenvalue weighted by Gasteiger charge is 2.13. The van der Waals surface area contributed by atoms with E-state index in [1.165, 1.54) is 5.56 Å². The fourth-order valence-electron chi connectivity index (χ4n) is 2.96. The van der Waals surface area contributed by atoms with Crippen LogP contribution in [0.3, 0.4) is 0 Å². The molecule has 0 N–H and O–H groups in total. The molecule has 3 heteroatoms. The minimum absolute atomic E-state index is 0.228. The van der Waals surface area contributed by atoms with E-state index in [1.807, 2.05) is 36.4 Å². The third-order valence-electron chi connectivity index (χ3n) is 4.43. The minimum Gasteiger partial charge on any atom is -0.213 e. The number of rotatable bonds is 4. The molecule has 0 saturated carbocycles. The smallest absolute Gasteiger partial charge is 0.163 e. The van der Waals surface area contributed by atoms with E-state index in [2.05, 4.69) is 67.4 Å². The molecule has 4 aromatic rings. The largest absolute Gasteiger partial charge is 0.213 e. The van der Waals surface area contributed by atoms with Crippen LogP contribution in [0.1, 0.15) is 25.6 Å². The van der Waals surface area contributed by atoms with Crippen molar-refractivity contribution < 1.29 is 0 Å². The van der Waals surface area contributed by atoms with Gasteiger partial charge in [-0.15, -0.1) is 0 Å². The normalized spacial score (nSPS) is 10.9. The van der Waals surface area contributed by atoms with Crippen LogP contribution >= 0.6 is 0 Å². The number of hydrogen-bond donors (Lipinski definition) is 0. The predicted molar refractivity (Wildman–Crippen MR) is 110 cm³/mol. The molecule has 4 rings (SSSR count). The Balaban J connectivity index is 1.83. The summed E-state index contributed by atoms with van der Waals surface area (Å²) < 4.78 is 0. The molecule has 0 atom stereocenters. The van der Waals surface area contributed by atoms with Crippen LogP contribution in [0.15, 0.2) is 84.9 Å². The van der Waals surface area contributed by atoms with Crippen molar-refractivity contribution in [3.05, 3.63) is 90.8 Å². The summed E-state index contributed by atoms with van der Waals surface area (Å²) in [4.78, 5) is 14.2. The maximum Gasteiger partial charge on any atom is 0.163 e. The van der Waals surface area contributed by atoms with E-state index in [0.29, 0.717) is 5.82 Å². The molecule has 27 heavy (non-hydrogen) atoms. The van der Waals surface area contributed by atoms with Gasteiger partial charge in [0.15, 0.2) is 11.6 Å². The Bertz CT molecular complexity index is 1040. The first-order chi connectivity index (χ1) is 13.2. The summed E-state index contributed by atoms with van der Waals surface area (Å²) in [6, 6.07) is 28.8. The van der Waals surface area contributed by atoms with Crippen molar-refractivity contribution in [2.45, 2.75) is 19.8 Å². The van der Waals surface area contributed by atoms with Crippen LogP contribution in [0.5, 0.6) is 0 Å². The van der Waals surface area contributed by atoms with E-state index in [1.54, 1.807) is 0 Å². The molecule has 0 bridgehead atoms. The molecule has 1 heterocycles. The van der Waals surface area contributed by atoms with Crippen molar-refractivity contribution in [3.63, 3.8) is 0 Å². The second kappa shape index (κ2) is 7.50. The van der Waals surface area contributed by atoms with E-state index >= 15 is 0 Å². The fraction of sp³-hybridized carbons (Fsp3) is 0.125. The van der Waals surface area contributed by atoms with E-state index < -0.39 is 0 Å². The zero-order valence-corrected chi connectivity index (χ0v) is 15.5. The second-order valence-corrected chi connectivity index (χ2v) is 6.81. The number of benzene rings is 3. The lowest BCUT2D eigenvalue weighted by molar-refractivity contribution is 0.766. The maximum atomic E-state index is 4.77. The van der Waals surface area contributed by atoms with E-state index in [4.69, 9.17) is 9.97 Å². The highest BCUT2D eigenvalue weighted by atomic mass is 15.0. The summed E-state index contributed by atoms with van der Waals surface area (Å²) in [5.41, 5.74) is 4.33. The fourth-order valence-corrected chi connectivity index (χ4v) is 2.96. The Morgan fingerprint density at radius 3 is 1.67 bits per heavy atom. The average Bonchev–Trinajstić information content (AvgIpc) is 2.75. The molecule has 3 nitrogen and oxygen atoms in total. The van der Waals surface area contributed by atoms with Gasteiger partial charge in [0.05, 0.1) is 0 Å². The van der Waals surface area contributed by atoms with Gasteiger partial charge < -0.3 is 0 Å². The van der Waals surface area contributed by atoms with E-state index in [0.717, 1.165) is 28.3 Å². The lowest BCUT2D eigenvalue weighted by Crippen LogP contribution is -2.04. The van der Waals surface area contributed by atoms with Gasteiger partial charge in [0.1, 0.15) is 5.82 Å². The lowest BCUT2D eigenvalue weighted by Gasteiger charge is -2.10. The Morgan fingerprint density at radius 2 is 1.04 bits per heavy atom. The summed E-state index contributed by atoms with van der Waals surface area (Å²) in [7, 11) is 0. The van der Waals surface area contributed by atoms with E-state index in [9.17, 15) is 0 Å². The van der Waals surface area contributed by atoms with Gasteiger partial charge in [0.2, 0.25) is 0 Å².